The Labute approximate surface area is 89.4 Å². The van der Waals surface area contributed by atoms with Gasteiger partial charge in [0.25, 0.3) is 0 Å². The van der Waals surface area contributed by atoms with Gasteiger partial charge < -0.3 is 10.1 Å². The van der Waals surface area contributed by atoms with E-state index in [1.54, 1.807) is 12.1 Å². The third-order valence-corrected chi connectivity index (χ3v) is 2.64. The number of alkyl halides is 1. The Kier molecular flexibility index (Phi) is 3.21. The van der Waals surface area contributed by atoms with Crippen molar-refractivity contribution in [1.82, 2.24) is 5.32 Å². The molecule has 1 aromatic carbocycles. The Hall–Kier alpha value is -1.09. The molecule has 0 spiro atoms. The van der Waals surface area contributed by atoms with Gasteiger partial charge in [0.15, 0.2) is 0 Å². The first kappa shape index (κ1) is 10.4. The molecule has 1 aromatic rings. The van der Waals surface area contributed by atoms with Gasteiger partial charge in [-0.1, -0.05) is 12.1 Å². The minimum absolute atomic E-state index is 0.232. The molecule has 2 unspecified atom stereocenters. The number of benzene rings is 1. The van der Waals surface area contributed by atoms with Crippen molar-refractivity contribution < 1.29 is 9.13 Å². The molecule has 0 amide bonds. The van der Waals surface area contributed by atoms with E-state index in [-0.39, 0.29) is 6.10 Å². The fourth-order valence-corrected chi connectivity index (χ4v) is 1.76. The smallest absolute Gasteiger partial charge is 0.122 e. The van der Waals surface area contributed by atoms with E-state index in [4.69, 9.17) is 4.74 Å². The average molecular weight is 209 g/mol. The molecule has 0 aliphatic carbocycles. The third-order valence-electron chi connectivity index (χ3n) is 2.64. The van der Waals surface area contributed by atoms with Gasteiger partial charge >= 0.3 is 0 Å². The van der Waals surface area contributed by atoms with Crippen molar-refractivity contribution in [1.29, 1.82) is 0 Å². The van der Waals surface area contributed by atoms with Gasteiger partial charge in [0.2, 0.25) is 0 Å². The molecule has 1 fully saturated rings. The number of nitrogens with one attached hydrogen (secondary N) is 1. The van der Waals surface area contributed by atoms with Gasteiger partial charge in [0.1, 0.15) is 18.0 Å². The highest BCUT2D eigenvalue weighted by atomic mass is 19.1. The van der Waals surface area contributed by atoms with Gasteiger partial charge in [-0.05, 0) is 37.6 Å². The summed E-state index contributed by atoms with van der Waals surface area (Å²) in [6.45, 7) is 3.43. The SMILES string of the molecule is CC(F)c1cccc(OC2CCNC2)c1. The molecule has 2 rings (SSSR count). The van der Waals surface area contributed by atoms with Crippen LogP contribution in [-0.4, -0.2) is 19.2 Å². The lowest BCUT2D eigenvalue weighted by Crippen LogP contribution is -2.19. The van der Waals surface area contributed by atoms with Gasteiger partial charge in [-0.3, -0.25) is 0 Å². The maximum Gasteiger partial charge on any atom is 0.122 e. The van der Waals surface area contributed by atoms with Crippen LogP contribution in [0, 0.1) is 0 Å². The Morgan fingerprint density at radius 2 is 2.40 bits per heavy atom. The van der Waals surface area contributed by atoms with Gasteiger partial charge in [-0.15, -0.1) is 0 Å². The zero-order valence-corrected chi connectivity index (χ0v) is 8.87. The van der Waals surface area contributed by atoms with Crippen LogP contribution in [0.2, 0.25) is 0 Å². The summed E-state index contributed by atoms with van der Waals surface area (Å²) in [6, 6.07) is 7.28. The van der Waals surface area contributed by atoms with Crippen molar-refractivity contribution in [3.8, 4) is 5.75 Å². The summed E-state index contributed by atoms with van der Waals surface area (Å²) in [6.07, 6.45) is 0.320. The third kappa shape index (κ3) is 2.69. The molecule has 15 heavy (non-hydrogen) atoms. The second kappa shape index (κ2) is 4.62. The Morgan fingerprint density at radius 1 is 1.53 bits per heavy atom. The molecular formula is C12H16FNO. The fourth-order valence-electron chi connectivity index (χ4n) is 1.76. The van der Waals surface area contributed by atoms with Crippen molar-refractivity contribution >= 4 is 0 Å². The van der Waals surface area contributed by atoms with Crippen LogP contribution >= 0.6 is 0 Å². The molecule has 82 valence electrons. The minimum Gasteiger partial charge on any atom is -0.489 e. The minimum atomic E-state index is -0.935. The van der Waals surface area contributed by atoms with E-state index < -0.39 is 6.17 Å². The number of hydrogen-bond acceptors (Lipinski definition) is 2. The molecule has 0 radical (unpaired) electrons. The van der Waals surface area contributed by atoms with Crippen molar-refractivity contribution in [2.24, 2.45) is 0 Å². The first-order valence-corrected chi connectivity index (χ1v) is 5.37. The van der Waals surface area contributed by atoms with Gasteiger partial charge in [0, 0.05) is 6.54 Å². The highest BCUT2D eigenvalue weighted by Crippen LogP contribution is 2.22. The molecule has 1 aliphatic rings. The summed E-state index contributed by atoms with van der Waals surface area (Å²) in [5.74, 6) is 0.769. The van der Waals surface area contributed by atoms with Crippen LogP contribution in [0.5, 0.6) is 5.75 Å². The number of halogens is 1. The molecule has 2 atom stereocenters. The van der Waals surface area contributed by atoms with Gasteiger partial charge in [0.05, 0.1) is 0 Å². The van der Waals surface area contributed by atoms with E-state index in [1.807, 2.05) is 12.1 Å². The molecule has 1 aliphatic heterocycles. The zero-order chi connectivity index (χ0) is 10.7. The van der Waals surface area contributed by atoms with Crippen LogP contribution in [0.25, 0.3) is 0 Å². The molecule has 0 aromatic heterocycles. The van der Waals surface area contributed by atoms with Gasteiger partial charge in [-0.25, -0.2) is 4.39 Å². The molecule has 0 saturated carbocycles. The number of hydrogen-bond donors (Lipinski definition) is 1. The molecule has 2 nitrogen and oxygen atoms in total. The quantitative estimate of drug-likeness (QED) is 0.825. The van der Waals surface area contributed by atoms with E-state index in [0.717, 1.165) is 25.3 Å². The Balaban J connectivity index is 2.04. The second-order valence-corrected chi connectivity index (χ2v) is 3.92. The van der Waals surface area contributed by atoms with E-state index in [0.29, 0.717) is 5.56 Å². The standard InChI is InChI=1S/C12H16FNO/c1-9(13)10-3-2-4-11(7-10)15-12-5-6-14-8-12/h2-4,7,9,12,14H,5-6,8H2,1H3. The van der Waals surface area contributed by atoms with Crippen LogP contribution < -0.4 is 10.1 Å². The highest BCUT2D eigenvalue weighted by Gasteiger charge is 2.16. The number of rotatable bonds is 3. The summed E-state index contributed by atoms with van der Waals surface area (Å²) in [5, 5.41) is 3.23. The van der Waals surface area contributed by atoms with Crippen molar-refractivity contribution in [2.45, 2.75) is 25.6 Å². The van der Waals surface area contributed by atoms with Crippen molar-refractivity contribution in [3.05, 3.63) is 29.8 Å². The summed E-state index contributed by atoms with van der Waals surface area (Å²) < 4.78 is 18.8. The molecular weight excluding hydrogens is 193 g/mol. The zero-order valence-electron chi connectivity index (χ0n) is 8.87. The van der Waals surface area contributed by atoms with Crippen LogP contribution in [0.1, 0.15) is 25.1 Å². The van der Waals surface area contributed by atoms with E-state index in [2.05, 4.69) is 5.32 Å². The van der Waals surface area contributed by atoms with E-state index in [9.17, 15) is 4.39 Å². The lowest BCUT2D eigenvalue weighted by Gasteiger charge is -2.13. The van der Waals surface area contributed by atoms with Crippen LogP contribution in [0.3, 0.4) is 0 Å². The van der Waals surface area contributed by atoms with E-state index >= 15 is 0 Å². The van der Waals surface area contributed by atoms with Crippen molar-refractivity contribution in [3.63, 3.8) is 0 Å². The first-order chi connectivity index (χ1) is 7.25. The molecule has 0 bridgehead atoms. The Morgan fingerprint density at radius 3 is 3.07 bits per heavy atom. The van der Waals surface area contributed by atoms with Crippen LogP contribution in [0.15, 0.2) is 24.3 Å². The topological polar surface area (TPSA) is 21.3 Å². The van der Waals surface area contributed by atoms with E-state index in [1.165, 1.54) is 6.92 Å². The Bertz CT molecular complexity index is 321. The van der Waals surface area contributed by atoms with Crippen molar-refractivity contribution in [2.75, 3.05) is 13.1 Å². The average Bonchev–Trinajstić information content (AvgIpc) is 2.71. The lowest BCUT2D eigenvalue weighted by molar-refractivity contribution is 0.222. The predicted molar refractivity (Wildman–Crippen MR) is 57.9 cm³/mol. The van der Waals surface area contributed by atoms with Crippen LogP contribution in [0.4, 0.5) is 4.39 Å². The highest BCUT2D eigenvalue weighted by molar-refractivity contribution is 5.29. The normalized spacial score (nSPS) is 22.7. The molecule has 3 heteroatoms. The largest absolute Gasteiger partial charge is 0.489 e. The number of ether oxygens (including phenoxy) is 1. The monoisotopic (exact) mass is 209 g/mol. The van der Waals surface area contributed by atoms with Crippen LogP contribution in [-0.2, 0) is 0 Å². The first-order valence-electron chi connectivity index (χ1n) is 5.37. The fraction of sp³-hybridized carbons (Fsp3) is 0.500. The molecule has 1 heterocycles. The summed E-state index contributed by atoms with van der Waals surface area (Å²) in [7, 11) is 0. The predicted octanol–water partition coefficient (Wildman–Crippen LogP) is 2.46. The summed E-state index contributed by atoms with van der Waals surface area (Å²) in [4.78, 5) is 0. The maximum atomic E-state index is 13.1. The summed E-state index contributed by atoms with van der Waals surface area (Å²) in [5.41, 5.74) is 0.679. The summed E-state index contributed by atoms with van der Waals surface area (Å²) >= 11 is 0. The maximum absolute atomic E-state index is 13.1. The lowest BCUT2D eigenvalue weighted by atomic mass is 10.1. The second-order valence-electron chi connectivity index (χ2n) is 3.92. The van der Waals surface area contributed by atoms with Gasteiger partial charge in [-0.2, -0.15) is 0 Å². The molecule has 1 N–H and O–H groups in total. The molecule has 1 saturated heterocycles.